The minimum atomic E-state index is -0.355. The van der Waals surface area contributed by atoms with Gasteiger partial charge in [-0.3, -0.25) is 0 Å². The predicted octanol–water partition coefficient (Wildman–Crippen LogP) is 7.11. The van der Waals surface area contributed by atoms with Gasteiger partial charge in [0.1, 0.15) is 6.61 Å². The number of hydrogen-bond acceptors (Lipinski definition) is 11. The van der Waals surface area contributed by atoms with Crippen molar-refractivity contribution in [3.63, 3.8) is 0 Å². The van der Waals surface area contributed by atoms with Gasteiger partial charge in [0.15, 0.2) is 0 Å². The molecule has 0 spiro atoms. The number of rotatable bonds is 40. The van der Waals surface area contributed by atoms with Crippen molar-refractivity contribution in [2.24, 2.45) is 0 Å². The Balaban J connectivity index is 1.69. The summed E-state index contributed by atoms with van der Waals surface area (Å²) in [5.41, 5.74) is 1.53. The van der Waals surface area contributed by atoms with Crippen LogP contribution in [0, 0.1) is 0 Å². The van der Waals surface area contributed by atoms with E-state index in [1.807, 2.05) is 12.1 Å². The van der Waals surface area contributed by atoms with Crippen molar-refractivity contribution in [1.82, 2.24) is 0 Å². The second-order valence-electron chi connectivity index (χ2n) is 12.1. The Morgan fingerprint density at radius 2 is 0.760 bits per heavy atom. The lowest BCUT2D eigenvalue weighted by atomic mass is 10.1. The largest absolute Gasteiger partial charge is 0.460 e. The highest BCUT2D eigenvalue weighted by molar-refractivity contribution is 5.89. The molecule has 0 unspecified atom stereocenters. The van der Waals surface area contributed by atoms with Gasteiger partial charge >= 0.3 is 5.97 Å². The molecule has 0 aliphatic heterocycles. The van der Waals surface area contributed by atoms with Gasteiger partial charge in [-0.25, -0.2) is 4.79 Å². The van der Waals surface area contributed by atoms with Crippen LogP contribution in [0.3, 0.4) is 0 Å². The fraction of sp³-hybridized carbons (Fsp3) is 0.821. The number of benzene rings is 1. The third kappa shape index (κ3) is 32.1. The number of nitrogens with one attached hydrogen (secondary N) is 1. The third-order valence-corrected chi connectivity index (χ3v) is 7.69. The molecule has 0 radical (unpaired) electrons. The number of esters is 1. The summed E-state index contributed by atoms with van der Waals surface area (Å²) < 4.78 is 49.4. The molecule has 0 fully saturated rings. The predicted molar refractivity (Wildman–Crippen MR) is 199 cm³/mol. The zero-order chi connectivity index (χ0) is 35.8. The first-order valence-corrected chi connectivity index (χ1v) is 19.4. The Morgan fingerprint density at radius 1 is 0.420 bits per heavy atom. The van der Waals surface area contributed by atoms with Gasteiger partial charge in [-0.2, -0.15) is 0 Å². The molecule has 292 valence electrons. The van der Waals surface area contributed by atoms with Crippen LogP contribution >= 0.6 is 0 Å². The van der Waals surface area contributed by atoms with Crippen LogP contribution in [0.5, 0.6) is 0 Å². The topological polar surface area (TPSA) is 112 Å². The SMILES string of the molecule is CCCCCCCCCCCCOCCOCCOCCOCCOCCOCCOCCOCCOC(=O)c1ccc(NCCCC)cc1. The summed E-state index contributed by atoms with van der Waals surface area (Å²) in [4.78, 5) is 12.1. The van der Waals surface area contributed by atoms with E-state index in [1.165, 1.54) is 57.8 Å². The maximum atomic E-state index is 12.1. The van der Waals surface area contributed by atoms with E-state index in [2.05, 4.69) is 19.2 Å². The number of unbranched alkanes of at least 4 members (excludes halogenated alkanes) is 10. The van der Waals surface area contributed by atoms with E-state index in [9.17, 15) is 4.79 Å². The first-order chi connectivity index (χ1) is 24.8. The molecular formula is C39H71NO10. The van der Waals surface area contributed by atoms with Gasteiger partial charge in [0.2, 0.25) is 0 Å². The third-order valence-electron chi connectivity index (χ3n) is 7.69. The molecule has 0 saturated carbocycles. The van der Waals surface area contributed by atoms with E-state index in [4.69, 9.17) is 42.6 Å². The summed E-state index contributed by atoms with van der Waals surface area (Å²) >= 11 is 0. The molecule has 1 aromatic rings. The highest BCUT2D eigenvalue weighted by Gasteiger charge is 2.07. The smallest absolute Gasteiger partial charge is 0.338 e. The molecule has 1 rings (SSSR count). The highest BCUT2D eigenvalue weighted by atomic mass is 16.6. The lowest BCUT2D eigenvalue weighted by Gasteiger charge is -2.09. The lowest BCUT2D eigenvalue weighted by molar-refractivity contribution is -0.0244. The Hall–Kier alpha value is -1.83. The first-order valence-electron chi connectivity index (χ1n) is 19.4. The monoisotopic (exact) mass is 714 g/mol. The normalized spacial score (nSPS) is 11.3. The van der Waals surface area contributed by atoms with E-state index in [0.29, 0.717) is 105 Å². The molecular weight excluding hydrogens is 642 g/mol. The highest BCUT2D eigenvalue weighted by Crippen LogP contribution is 2.12. The molecule has 0 bridgehead atoms. The molecule has 0 aliphatic carbocycles. The molecule has 0 aliphatic rings. The summed E-state index contributed by atoms with van der Waals surface area (Å²) in [6.45, 7) is 14.0. The van der Waals surface area contributed by atoms with Crippen LogP contribution in [-0.2, 0) is 42.6 Å². The van der Waals surface area contributed by atoms with Crippen LogP contribution in [0.25, 0.3) is 0 Å². The van der Waals surface area contributed by atoms with Crippen LogP contribution in [0.4, 0.5) is 5.69 Å². The molecule has 1 N–H and O–H groups in total. The number of carbonyl (C=O) groups is 1. The molecule has 0 atom stereocenters. The molecule has 1 aromatic carbocycles. The molecule has 0 amide bonds. The Labute approximate surface area is 303 Å². The van der Waals surface area contributed by atoms with E-state index >= 15 is 0 Å². The zero-order valence-electron chi connectivity index (χ0n) is 31.6. The average Bonchev–Trinajstić information content (AvgIpc) is 3.13. The van der Waals surface area contributed by atoms with Gasteiger partial charge in [0.25, 0.3) is 0 Å². The minimum Gasteiger partial charge on any atom is -0.460 e. The molecule has 50 heavy (non-hydrogen) atoms. The van der Waals surface area contributed by atoms with Crippen molar-refractivity contribution in [2.45, 2.75) is 90.9 Å². The van der Waals surface area contributed by atoms with Gasteiger partial charge in [-0.15, -0.1) is 0 Å². The summed E-state index contributed by atoms with van der Waals surface area (Å²) in [7, 11) is 0. The quantitative estimate of drug-likeness (QED) is 0.0555. The molecule has 0 heterocycles. The van der Waals surface area contributed by atoms with Crippen molar-refractivity contribution >= 4 is 11.7 Å². The maximum absolute atomic E-state index is 12.1. The Bertz CT molecular complexity index is 830. The van der Waals surface area contributed by atoms with Crippen molar-refractivity contribution < 1.29 is 47.4 Å². The van der Waals surface area contributed by atoms with Crippen molar-refractivity contribution in [1.29, 1.82) is 0 Å². The molecule has 11 heteroatoms. The minimum absolute atomic E-state index is 0.197. The lowest BCUT2D eigenvalue weighted by Crippen LogP contribution is -2.15. The second kappa shape index (κ2) is 38.4. The van der Waals surface area contributed by atoms with Crippen LogP contribution in [0.15, 0.2) is 24.3 Å². The van der Waals surface area contributed by atoms with Crippen molar-refractivity contribution in [2.75, 3.05) is 124 Å². The van der Waals surface area contributed by atoms with Crippen molar-refractivity contribution in [3.8, 4) is 0 Å². The fourth-order valence-corrected chi connectivity index (χ4v) is 4.74. The summed E-state index contributed by atoms with van der Waals surface area (Å²) in [6.07, 6.45) is 15.6. The van der Waals surface area contributed by atoms with Crippen molar-refractivity contribution in [3.05, 3.63) is 29.8 Å². The zero-order valence-corrected chi connectivity index (χ0v) is 31.6. The summed E-state index contributed by atoms with van der Waals surface area (Å²) in [5, 5.41) is 3.32. The van der Waals surface area contributed by atoms with Crippen LogP contribution in [0.1, 0.15) is 101 Å². The molecule has 0 aromatic heterocycles. The Morgan fingerprint density at radius 3 is 1.16 bits per heavy atom. The van der Waals surface area contributed by atoms with Crippen LogP contribution < -0.4 is 5.32 Å². The number of hydrogen-bond donors (Lipinski definition) is 1. The van der Waals surface area contributed by atoms with Gasteiger partial charge in [0, 0.05) is 18.8 Å². The van der Waals surface area contributed by atoms with E-state index < -0.39 is 0 Å². The van der Waals surface area contributed by atoms with Gasteiger partial charge in [-0.1, -0.05) is 78.1 Å². The maximum Gasteiger partial charge on any atom is 0.338 e. The van der Waals surface area contributed by atoms with E-state index in [-0.39, 0.29) is 12.6 Å². The molecule has 11 nitrogen and oxygen atoms in total. The fourth-order valence-electron chi connectivity index (χ4n) is 4.74. The van der Waals surface area contributed by atoms with E-state index in [1.54, 1.807) is 12.1 Å². The first kappa shape index (κ1) is 46.2. The number of ether oxygens (including phenoxy) is 9. The second-order valence-corrected chi connectivity index (χ2v) is 12.1. The van der Waals surface area contributed by atoms with Gasteiger partial charge in [0.05, 0.1) is 105 Å². The average molecular weight is 714 g/mol. The standard InChI is InChI=1S/C39H71NO10/c1-3-5-7-8-9-10-11-12-13-14-20-42-21-22-43-23-24-44-25-26-45-27-28-46-29-30-47-31-32-48-33-34-49-35-36-50-39(41)37-15-17-38(18-16-37)40-19-6-4-2/h15-18,40H,3-14,19-36H2,1-2H3. The number of carbonyl (C=O) groups excluding carboxylic acids is 1. The molecule has 0 saturated heterocycles. The van der Waals surface area contributed by atoms with Crippen LogP contribution in [-0.4, -0.2) is 125 Å². The van der Waals surface area contributed by atoms with Gasteiger partial charge < -0.3 is 47.9 Å². The summed E-state index contributed by atoms with van der Waals surface area (Å²) in [6, 6.07) is 7.31. The van der Waals surface area contributed by atoms with Gasteiger partial charge in [-0.05, 0) is 37.1 Å². The van der Waals surface area contributed by atoms with Crippen LogP contribution in [0.2, 0.25) is 0 Å². The number of anilines is 1. The Kier molecular flexibility index (Phi) is 35.5. The summed E-state index contributed by atoms with van der Waals surface area (Å²) in [5.74, 6) is -0.355. The van der Waals surface area contributed by atoms with E-state index in [0.717, 1.165) is 38.1 Å².